The van der Waals surface area contributed by atoms with Crippen molar-refractivity contribution in [2.45, 2.75) is 88.6 Å². The van der Waals surface area contributed by atoms with E-state index in [0.29, 0.717) is 29.9 Å². The van der Waals surface area contributed by atoms with Gasteiger partial charge in [0.1, 0.15) is 5.76 Å². The van der Waals surface area contributed by atoms with Crippen LogP contribution in [0.1, 0.15) is 81.8 Å². The second kappa shape index (κ2) is 11.0. The predicted molar refractivity (Wildman–Crippen MR) is 154 cm³/mol. The molecule has 0 atom stereocenters. The van der Waals surface area contributed by atoms with Gasteiger partial charge in [-0.3, -0.25) is 9.59 Å². The number of carbonyl (C=O) groups is 2. The van der Waals surface area contributed by atoms with Gasteiger partial charge in [0.05, 0.1) is 10.8 Å². The van der Waals surface area contributed by atoms with Crippen LogP contribution >= 0.6 is 0 Å². The molecule has 1 amide bonds. The van der Waals surface area contributed by atoms with Crippen molar-refractivity contribution in [1.82, 2.24) is 10.0 Å². The number of rotatable bonds is 8. The minimum Gasteiger partial charge on any atom is -0.481 e. The van der Waals surface area contributed by atoms with Crippen LogP contribution in [0.3, 0.4) is 0 Å². The Kier molecular flexibility index (Phi) is 7.81. The number of hydrogen-bond acceptors (Lipinski definition) is 5. The molecule has 40 heavy (non-hydrogen) atoms. The van der Waals surface area contributed by atoms with Crippen LogP contribution in [-0.2, 0) is 21.2 Å². The maximum Gasteiger partial charge on any atom is 0.306 e. The molecule has 214 valence electrons. The van der Waals surface area contributed by atoms with Gasteiger partial charge in [0, 0.05) is 22.5 Å². The summed E-state index contributed by atoms with van der Waals surface area (Å²) in [6, 6.07) is 12.4. The summed E-state index contributed by atoms with van der Waals surface area (Å²) in [5.41, 5.74) is 1.03. The molecule has 3 N–H and O–H groups in total. The van der Waals surface area contributed by atoms with Crippen LogP contribution in [0.4, 0.5) is 0 Å². The molecule has 0 bridgehead atoms. The standard InChI is InChI=1S/C31H38N2O6S/c1-31(2,3)33-40(37,38)27-14-13-25(23-11-7-8-12-24(23)27)28-20(15-19-9-5-4-6-10-19)18-26(39-28)29(34)32-22-16-21(17-22)30(35)36/h7-8,11-14,18-19,21-22,33H,4-6,9-10,15-17H2,1-3H3,(H,32,34)(H,35,36). The van der Waals surface area contributed by atoms with E-state index in [2.05, 4.69) is 10.0 Å². The van der Waals surface area contributed by atoms with Gasteiger partial charge < -0.3 is 14.8 Å². The lowest BCUT2D eigenvalue weighted by Crippen LogP contribution is -2.46. The molecule has 2 aliphatic carbocycles. The summed E-state index contributed by atoms with van der Waals surface area (Å²) in [5.74, 6) is -0.357. The highest BCUT2D eigenvalue weighted by atomic mass is 32.2. The first-order valence-electron chi connectivity index (χ1n) is 14.1. The van der Waals surface area contributed by atoms with Gasteiger partial charge in [-0.2, -0.15) is 0 Å². The van der Waals surface area contributed by atoms with E-state index in [1.807, 2.05) is 24.3 Å². The van der Waals surface area contributed by atoms with E-state index in [9.17, 15) is 18.0 Å². The summed E-state index contributed by atoms with van der Waals surface area (Å²) in [6.07, 6.45) is 7.46. The summed E-state index contributed by atoms with van der Waals surface area (Å²) in [7, 11) is -3.79. The maximum atomic E-state index is 13.3. The fourth-order valence-corrected chi connectivity index (χ4v) is 7.61. The van der Waals surface area contributed by atoms with Crippen molar-refractivity contribution < 1.29 is 27.5 Å². The first-order chi connectivity index (χ1) is 18.9. The Bertz CT molecular complexity index is 1520. The van der Waals surface area contributed by atoms with Gasteiger partial charge in [0.15, 0.2) is 5.76 Å². The second-order valence-electron chi connectivity index (χ2n) is 12.4. The zero-order chi connectivity index (χ0) is 28.7. The van der Waals surface area contributed by atoms with Crippen molar-refractivity contribution in [2.75, 3.05) is 0 Å². The van der Waals surface area contributed by atoms with E-state index in [1.165, 1.54) is 19.3 Å². The highest BCUT2D eigenvalue weighted by molar-refractivity contribution is 7.89. The van der Waals surface area contributed by atoms with Crippen molar-refractivity contribution in [3.8, 4) is 11.3 Å². The summed E-state index contributed by atoms with van der Waals surface area (Å²) >= 11 is 0. The number of amides is 1. The molecule has 3 aromatic rings. The molecule has 0 aliphatic heterocycles. The lowest BCUT2D eigenvalue weighted by Gasteiger charge is -2.32. The summed E-state index contributed by atoms with van der Waals surface area (Å²) in [4.78, 5) is 24.5. The first-order valence-corrected chi connectivity index (χ1v) is 15.6. The zero-order valence-corrected chi connectivity index (χ0v) is 24.1. The number of hydrogen-bond donors (Lipinski definition) is 3. The SMILES string of the molecule is CC(C)(C)NS(=O)(=O)c1ccc(-c2oc(C(=O)NC3CC(C(=O)O)C3)cc2CC2CCCCC2)c2ccccc12. The Labute approximate surface area is 235 Å². The molecule has 0 radical (unpaired) electrons. The molecule has 0 unspecified atom stereocenters. The highest BCUT2D eigenvalue weighted by Gasteiger charge is 2.36. The molecule has 2 aromatic carbocycles. The van der Waals surface area contributed by atoms with Gasteiger partial charge in [0.25, 0.3) is 5.91 Å². The molecular formula is C31H38N2O6S. The van der Waals surface area contributed by atoms with E-state index >= 15 is 0 Å². The molecule has 2 fully saturated rings. The number of aliphatic carboxylic acids is 1. The van der Waals surface area contributed by atoms with Crippen molar-refractivity contribution in [1.29, 1.82) is 0 Å². The number of benzene rings is 2. The minimum absolute atomic E-state index is 0.190. The Morgan fingerprint density at radius 1 is 1.00 bits per heavy atom. The fraction of sp³-hybridized carbons (Fsp3) is 0.484. The van der Waals surface area contributed by atoms with Gasteiger partial charge in [-0.1, -0.05) is 56.4 Å². The zero-order valence-electron chi connectivity index (χ0n) is 23.3. The number of sulfonamides is 1. The Morgan fingerprint density at radius 3 is 2.33 bits per heavy atom. The molecule has 2 aliphatic rings. The fourth-order valence-electron chi connectivity index (χ4n) is 5.98. The van der Waals surface area contributed by atoms with Gasteiger partial charge in [-0.05, 0) is 75.1 Å². The van der Waals surface area contributed by atoms with Gasteiger partial charge in [0.2, 0.25) is 10.0 Å². The molecule has 0 spiro atoms. The average molecular weight is 567 g/mol. The molecule has 1 aromatic heterocycles. The van der Waals surface area contributed by atoms with Crippen LogP contribution in [0, 0.1) is 11.8 Å². The smallest absolute Gasteiger partial charge is 0.306 e. The Balaban J connectivity index is 1.53. The summed E-state index contributed by atoms with van der Waals surface area (Å²) in [6.45, 7) is 5.42. The molecule has 1 heterocycles. The van der Waals surface area contributed by atoms with Gasteiger partial charge >= 0.3 is 5.97 Å². The van der Waals surface area contributed by atoms with Crippen LogP contribution < -0.4 is 10.0 Å². The normalized spacial score (nSPS) is 20.3. The second-order valence-corrected chi connectivity index (χ2v) is 14.0. The topological polar surface area (TPSA) is 126 Å². The maximum absolute atomic E-state index is 13.3. The van der Waals surface area contributed by atoms with Gasteiger partial charge in [-0.15, -0.1) is 0 Å². The lowest BCUT2D eigenvalue weighted by molar-refractivity contribution is -0.145. The number of carbonyl (C=O) groups excluding carboxylic acids is 1. The van der Waals surface area contributed by atoms with Crippen LogP contribution in [0.25, 0.3) is 22.1 Å². The number of carboxylic acid groups (broad SMARTS) is 1. The van der Waals surface area contributed by atoms with Crippen molar-refractivity contribution in [3.05, 3.63) is 53.8 Å². The van der Waals surface area contributed by atoms with Crippen LogP contribution in [-0.4, -0.2) is 37.0 Å². The predicted octanol–water partition coefficient (Wildman–Crippen LogP) is 5.89. The summed E-state index contributed by atoms with van der Waals surface area (Å²) < 4.78 is 35.6. The first kappa shape index (κ1) is 28.4. The van der Waals surface area contributed by atoms with E-state index in [4.69, 9.17) is 9.52 Å². The van der Waals surface area contributed by atoms with Crippen LogP contribution in [0.5, 0.6) is 0 Å². The lowest BCUT2D eigenvalue weighted by atomic mass is 9.80. The third kappa shape index (κ3) is 6.10. The van der Waals surface area contributed by atoms with Crippen LogP contribution in [0.15, 0.2) is 51.8 Å². The Morgan fingerprint density at radius 2 is 1.68 bits per heavy atom. The molecular weight excluding hydrogens is 528 g/mol. The number of fused-ring (bicyclic) bond motifs is 1. The largest absolute Gasteiger partial charge is 0.481 e. The van der Waals surface area contributed by atoms with Crippen molar-refractivity contribution >= 4 is 32.7 Å². The Hall–Kier alpha value is -3.17. The molecule has 2 saturated carbocycles. The third-order valence-electron chi connectivity index (χ3n) is 7.95. The van der Waals surface area contributed by atoms with E-state index in [-0.39, 0.29) is 22.6 Å². The third-order valence-corrected chi connectivity index (χ3v) is 9.76. The van der Waals surface area contributed by atoms with Crippen molar-refractivity contribution in [3.63, 3.8) is 0 Å². The monoisotopic (exact) mass is 566 g/mol. The van der Waals surface area contributed by atoms with Gasteiger partial charge in [-0.25, -0.2) is 13.1 Å². The molecule has 5 rings (SSSR count). The quantitative estimate of drug-likeness (QED) is 0.312. The minimum atomic E-state index is -3.79. The van der Waals surface area contributed by atoms with E-state index < -0.39 is 27.4 Å². The number of furan rings is 1. The molecule has 8 nitrogen and oxygen atoms in total. The molecule has 0 saturated heterocycles. The van der Waals surface area contributed by atoms with E-state index in [1.54, 1.807) is 39.0 Å². The van der Waals surface area contributed by atoms with Crippen molar-refractivity contribution in [2.24, 2.45) is 11.8 Å². The molecule has 9 heteroatoms. The summed E-state index contributed by atoms with van der Waals surface area (Å²) in [5, 5.41) is 13.4. The van der Waals surface area contributed by atoms with Crippen LogP contribution in [0.2, 0.25) is 0 Å². The van der Waals surface area contributed by atoms with E-state index in [0.717, 1.165) is 35.8 Å². The number of nitrogens with one attached hydrogen (secondary N) is 2. The average Bonchev–Trinajstić information content (AvgIpc) is 3.27. The highest BCUT2D eigenvalue weighted by Crippen LogP contribution is 2.39. The number of carboxylic acids is 1.